The van der Waals surface area contributed by atoms with Crippen molar-refractivity contribution in [2.75, 3.05) is 4.72 Å². The summed E-state index contributed by atoms with van der Waals surface area (Å²) in [5.74, 6) is -1.49. The molecule has 1 amide bonds. The van der Waals surface area contributed by atoms with Crippen molar-refractivity contribution in [2.45, 2.75) is 37.2 Å². The van der Waals surface area contributed by atoms with Crippen molar-refractivity contribution in [3.63, 3.8) is 0 Å². The maximum Gasteiger partial charge on any atom is 0.261 e. The van der Waals surface area contributed by atoms with Crippen LogP contribution in [-0.2, 0) is 16.6 Å². The zero-order valence-corrected chi connectivity index (χ0v) is 19.3. The first-order valence-electron chi connectivity index (χ1n) is 10.3. The van der Waals surface area contributed by atoms with Gasteiger partial charge in [0.15, 0.2) is 0 Å². The molecule has 0 bridgehead atoms. The number of nitrogens with zero attached hydrogens (tertiary/aromatic N) is 1. The van der Waals surface area contributed by atoms with Gasteiger partial charge in [-0.2, -0.15) is 0 Å². The predicted octanol–water partition coefficient (Wildman–Crippen LogP) is 5.53. The van der Waals surface area contributed by atoms with Gasteiger partial charge in [-0.1, -0.05) is 29.8 Å². The van der Waals surface area contributed by atoms with Crippen LogP contribution >= 0.6 is 11.6 Å². The Labute approximate surface area is 196 Å². The van der Waals surface area contributed by atoms with Crippen molar-refractivity contribution < 1.29 is 22.0 Å². The molecule has 1 saturated carbocycles. The molecule has 9 heteroatoms. The fraction of sp³-hybridized carbons (Fsp3) is 0.208. The highest BCUT2D eigenvalue weighted by Crippen LogP contribution is 2.32. The highest BCUT2D eigenvalue weighted by atomic mass is 35.5. The largest absolute Gasteiger partial charge is 0.331 e. The molecule has 0 atom stereocenters. The third kappa shape index (κ3) is 5.17. The number of halogens is 3. The zero-order chi connectivity index (χ0) is 23.8. The first-order chi connectivity index (χ1) is 15.7. The lowest BCUT2D eigenvalue weighted by atomic mass is 10.1. The zero-order valence-electron chi connectivity index (χ0n) is 17.7. The normalized spacial score (nSPS) is 13.6. The highest BCUT2D eigenvalue weighted by Gasteiger charge is 2.34. The van der Waals surface area contributed by atoms with Gasteiger partial charge < -0.3 is 4.90 Å². The van der Waals surface area contributed by atoms with E-state index in [0.29, 0.717) is 5.56 Å². The van der Waals surface area contributed by atoms with Crippen molar-refractivity contribution in [1.29, 1.82) is 0 Å². The van der Waals surface area contributed by atoms with Gasteiger partial charge in [-0.25, -0.2) is 17.2 Å². The minimum atomic E-state index is -4.06. The van der Waals surface area contributed by atoms with Crippen LogP contribution in [0.15, 0.2) is 65.6 Å². The van der Waals surface area contributed by atoms with E-state index in [0.717, 1.165) is 18.9 Å². The predicted molar refractivity (Wildman–Crippen MR) is 123 cm³/mol. The summed E-state index contributed by atoms with van der Waals surface area (Å²) in [6, 6.07) is 14.0. The van der Waals surface area contributed by atoms with Crippen molar-refractivity contribution in [1.82, 2.24) is 4.90 Å². The van der Waals surface area contributed by atoms with Gasteiger partial charge in [-0.15, -0.1) is 0 Å². The van der Waals surface area contributed by atoms with Gasteiger partial charge in [-0.3, -0.25) is 9.52 Å². The first-order valence-corrected chi connectivity index (χ1v) is 12.1. The Bertz CT molecular complexity index is 1310. The van der Waals surface area contributed by atoms with Gasteiger partial charge in [0.1, 0.15) is 11.6 Å². The van der Waals surface area contributed by atoms with E-state index in [1.54, 1.807) is 23.1 Å². The van der Waals surface area contributed by atoms with Crippen LogP contribution in [0.4, 0.5) is 14.5 Å². The number of nitrogens with one attached hydrogen (secondary N) is 1. The van der Waals surface area contributed by atoms with Gasteiger partial charge in [0.25, 0.3) is 15.9 Å². The molecule has 1 N–H and O–H groups in total. The molecule has 3 aromatic rings. The number of sulfonamides is 1. The Kier molecular flexibility index (Phi) is 6.41. The quantitative estimate of drug-likeness (QED) is 0.473. The van der Waals surface area contributed by atoms with Crippen LogP contribution in [0.3, 0.4) is 0 Å². The molecule has 1 fully saturated rings. The Morgan fingerprint density at radius 2 is 1.79 bits per heavy atom. The van der Waals surface area contributed by atoms with Crippen LogP contribution in [0.1, 0.15) is 34.3 Å². The van der Waals surface area contributed by atoms with E-state index in [-0.39, 0.29) is 45.2 Å². The maximum atomic E-state index is 14.3. The summed E-state index contributed by atoms with van der Waals surface area (Å²) in [7, 11) is -4.06. The van der Waals surface area contributed by atoms with Crippen molar-refractivity contribution in [2.24, 2.45) is 0 Å². The van der Waals surface area contributed by atoms with Gasteiger partial charge in [-0.05, 0) is 67.8 Å². The number of amides is 1. The second-order valence-corrected chi connectivity index (χ2v) is 10.1. The standard InChI is InChI=1S/C24H21ClF2N2O3S/c1-15-8-11-19(13-23(15)27)33(31,32)28-17-5-2-4-16(12-17)24(30)29(18-9-10-18)14-20-21(25)6-3-7-22(20)26/h2-8,11-13,18,28H,9-10,14H2,1H3. The number of benzene rings is 3. The number of carbonyl (C=O) groups is 1. The molecular weight excluding hydrogens is 470 g/mol. The average Bonchev–Trinajstić information content (AvgIpc) is 3.60. The van der Waals surface area contributed by atoms with E-state index in [4.69, 9.17) is 11.6 Å². The second kappa shape index (κ2) is 9.11. The van der Waals surface area contributed by atoms with Crippen LogP contribution in [0.5, 0.6) is 0 Å². The molecule has 0 spiro atoms. The Morgan fingerprint density at radius 3 is 2.45 bits per heavy atom. The Morgan fingerprint density at radius 1 is 1.06 bits per heavy atom. The summed E-state index contributed by atoms with van der Waals surface area (Å²) in [6.07, 6.45) is 1.59. The third-order valence-corrected chi connectivity index (χ3v) is 7.19. The SMILES string of the molecule is Cc1ccc(S(=O)(=O)Nc2cccc(C(=O)N(Cc3c(F)cccc3Cl)C3CC3)c2)cc1F. The van der Waals surface area contributed by atoms with Crippen LogP contribution in [-0.4, -0.2) is 25.3 Å². The number of hydrogen-bond acceptors (Lipinski definition) is 3. The molecule has 0 radical (unpaired) electrons. The first kappa shape index (κ1) is 23.2. The van der Waals surface area contributed by atoms with E-state index < -0.39 is 21.7 Å². The highest BCUT2D eigenvalue weighted by molar-refractivity contribution is 7.92. The van der Waals surface area contributed by atoms with Gasteiger partial charge in [0.05, 0.1) is 11.4 Å². The smallest absolute Gasteiger partial charge is 0.261 e. The van der Waals surface area contributed by atoms with Crippen molar-refractivity contribution in [3.8, 4) is 0 Å². The molecule has 1 aliphatic carbocycles. The third-order valence-electron chi connectivity index (χ3n) is 5.45. The Balaban J connectivity index is 1.58. The second-order valence-electron chi connectivity index (χ2n) is 7.96. The topological polar surface area (TPSA) is 66.5 Å². The van der Waals surface area contributed by atoms with Gasteiger partial charge >= 0.3 is 0 Å². The fourth-order valence-electron chi connectivity index (χ4n) is 3.44. The molecule has 0 saturated heterocycles. The number of carbonyl (C=O) groups excluding carboxylic acids is 1. The minimum absolute atomic E-state index is 0.00754. The number of hydrogen-bond donors (Lipinski definition) is 1. The lowest BCUT2D eigenvalue weighted by Gasteiger charge is -2.24. The van der Waals surface area contributed by atoms with E-state index in [1.807, 2.05) is 0 Å². The number of rotatable bonds is 7. The Hall–Kier alpha value is -2.97. The lowest BCUT2D eigenvalue weighted by molar-refractivity contribution is 0.0728. The molecular formula is C24H21ClF2N2O3S. The molecule has 0 heterocycles. The van der Waals surface area contributed by atoms with Crippen LogP contribution in [0, 0.1) is 18.6 Å². The molecule has 0 aromatic heterocycles. The van der Waals surface area contributed by atoms with Crippen molar-refractivity contribution in [3.05, 3.63) is 94.0 Å². The summed E-state index contributed by atoms with van der Waals surface area (Å²) in [4.78, 5) is 14.6. The maximum absolute atomic E-state index is 14.3. The number of anilines is 1. The molecule has 0 aliphatic heterocycles. The van der Waals surface area contributed by atoms with E-state index in [2.05, 4.69) is 4.72 Å². The summed E-state index contributed by atoms with van der Waals surface area (Å²) in [5, 5.41) is 0.236. The number of aryl methyl sites for hydroxylation is 1. The van der Waals surface area contributed by atoms with E-state index in [1.165, 1.54) is 43.3 Å². The van der Waals surface area contributed by atoms with E-state index >= 15 is 0 Å². The molecule has 33 heavy (non-hydrogen) atoms. The average molecular weight is 491 g/mol. The monoisotopic (exact) mass is 490 g/mol. The van der Waals surface area contributed by atoms with Gasteiger partial charge in [0.2, 0.25) is 0 Å². The fourth-order valence-corrected chi connectivity index (χ4v) is 4.73. The van der Waals surface area contributed by atoms with Gasteiger partial charge in [0, 0.05) is 27.9 Å². The molecule has 1 aliphatic rings. The van der Waals surface area contributed by atoms with E-state index in [9.17, 15) is 22.0 Å². The molecule has 172 valence electrons. The summed E-state index contributed by atoms with van der Waals surface area (Å²) < 4.78 is 55.9. The van der Waals surface area contributed by atoms with Crippen LogP contribution in [0.25, 0.3) is 0 Å². The molecule has 0 unspecified atom stereocenters. The summed E-state index contributed by atoms with van der Waals surface area (Å²) in [5.41, 5.74) is 0.959. The minimum Gasteiger partial charge on any atom is -0.331 e. The lowest BCUT2D eigenvalue weighted by Crippen LogP contribution is -2.33. The molecule has 5 nitrogen and oxygen atoms in total. The summed E-state index contributed by atoms with van der Waals surface area (Å²) >= 11 is 6.14. The van der Waals surface area contributed by atoms with Crippen LogP contribution < -0.4 is 4.72 Å². The van der Waals surface area contributed by atoms with Crippen LogP contribution in [0.2, 0.25) is 5.02 Å². The summed E-state index contributed by atoms with van der Waals surface area (Å²) in [6.45, 7) is 1.54. The molecule has 4 rings (SSSR count). The molecule has 3 aromatic carbocycles. The van der Waals surface area contributed by atoms with Crippen molar-refractivity contribution >= 4 is 33.2 Å².